The van der Waals surface area contributed by atoms with E-state index in [4.69, 9.17) is 10.5 Å². The molecular weight excluding hydrogens is 306 g/mol. The third-order valence-electron chi connectivity index (χ3n) is 3.41. The van der Waals surface area contributed by atoms with Gasteiger partial charge in [-0.2, -0.15) is 0 Å². The van der Waals surface area contributed by atoms with E-state index in [-0.39, 0.29) is 5.97 Å². The molecule has 0 saturated carbocycles. The maximum Gasteiger partial charge on any atom is 0.306 e. The van der Waals surface area contributed by atoms with Crippen molar-refractivity contribution >= 4 is 45.1 Å². The first-order chi connectivity index (χ1) is 10.2. The molecule has 0 bridgehead atoms. The van der Waals surface area contributed by atoms with Crippen LogP contribution < -0.4 is 5.73 Å². The van der Waals surface area contributed by atoms with Gasteiger partial charge in [-0.1, -0.05) is 11.8 Å². The van der Waals surface area contributed by atoms with Gasteiger partial charge in [-0.3, -0.25) is 4.79 Å². The maximum absolute atomic E-state index is 11.3. The Balaban J connectivity index is 1.74. The highest BCUT2D eigenvalue weighted by molar-refractivity contribution is 7.99. The van der Waals surface area contributed by atoms with Crippen molar-refractivity contribution in [3.63, 3.8) is 0 Å². The van der Waals surface area contributed by atoms with Crippen molar-refractivity contribution in [3.8, 4) is 0 Å². The summed E-state index contributed by atoms with van der Waals surface area (Å²) in [5.41, 5.74) is 7.45. The number of hydrogen-bond acceptors (Lipinski definition) is 7. The van der Waals surface area contributed by atoms with Gasteiger partial charge in [-0.25, -0.2) is 9.97 Å². The Morgan fingerprint density at radius 1 is 1.43 bits per heavy atom. The summed E-state index contributed by atoms with van der Waals surface area (Å²) >= 11 is 3.17. The number of thiophene rings is 1. The van der Waals surface area contributed by atoms with E-state index < -0.39 is 0 Å². The van der Waals surface area contributed by atoms with E-state index >= 15 is 0 Å². The van der Waals surface area contributed by atoms with Crippen LogP contribution in [0.25, 0.3) is 10.2 Å². The number of hydrogen-bond donors (Lipinski definition) is 1. The number of anilines is 1. The summed E-state index contributed by atoms with van der Waals surface area (Å²) in [5.74, 6) is 0.988. The molecule has 3 rings (SSSR count). The molecule has 2 aromatic rings. The van der Waals surface area contributed by atoms with Crippen molar-refractivity contribution in [1.29, 1.82) is 0 Å². The summed E-state index contributed by atoms with van der Waals surface area (Å²) in [6.45, 7) is 2.22. The third kappa shape index (κ3) is 2.98. The normalized spacial score (nSPS) is 13.6. The van der Waals surface area contributed by atoms with Gasteiger partial charge in [0.05, 0.1) is 18.4 Å². The minimum Gasteiger partial charge on any atom is -0.466 e. The largest absolute Gasteiger partial charge is 0.466 e. The van der Waals surface area contributed by atoms with E-state index in [0.717, 1.165) is 23.1 Å². The summed E-state index contributed by atoms with van der Waals surface area (Å²) < 4.78 is 4.90. The van der Waals surface area contributed by atoms with Crippen LogP contribution in [0.3, 0.4) is 0 Å². The topological polar surface area (TPSA) is 78.1 Å². The van der Waals surface area contributed by atoms with Crippen molar-refractivity contribution in [2.24, 2.45) is 0 Å². The molecule has 0 aromatic carbocycles. The Bertz CT molecular complexity index is 684. The average Bonchev–Trinajstić information content (AvgIpc) is 2.98. The molecule has 112 valence electrons. The number of nitrogens with two attached hydrogens (primary N) is 1. The minimum absolute atomic E-state index is 0.186. The van der Waals surface area contributed by atoms with Gasteiger partial charge in [0.2, 0.25) is 0 Å². The summed E-state index contributed by atoms with van der Waals surface area (Å²) in [4.78, 5) is 22.6. The van der Waals surface area contributed by atoms with Crippen LogP contribution in [0.1, 0.15) is 30.2 Å². The number of aryl methyl sites for hydroxylation is 2. The summed E-state index contributed by atoms with van der Waals surface area (Å²) in [5, 5.41) is 1.69. The Kier molecular flexibility index (Phi) is 4.30. The van der Waals surface area contributed by atoms with Crippen molar-refractivity contribution in [1.82, 2.24) is 9.97 Å². The van der Waals surface area contributed by atoms with E-state index in [2.05, 4.69) is 9.97 Å². The van der Waals surface area contributed by atoms with Crippen LogP contribution in [0.5, 0.6) is 0 Å². The van der Waals surface area contributed by atoms with Crippen LogP contribution in [0.4, 0.5) is 5.82 Å². The number of nitrogens with zero attached hydrogens (tertiary/aromatic N) is 2. The zero-order chi connectivity index (χ0) is 14.8. The van der Waals surface area contributed by atoms with Crippen LogP contribution in [0, 0.1) is 0 Å². The molecule has 2 aromatic heterocycles. The summed E-state index contributed by atoms with van der Waals surface area (Å²) in [6, 6.07) is 0. The quantitative estimate of drug-likeness (QED) is 0.518. The molecule has 0 atom stereocenters. The molecule has 0 fully saturated rings. The summed E-state index contributed by atoms with van der Waals surface area (Å²) in [7, 11) is 0. The first kappa shape index (κ1) is 14.6. The second-order valence-electron chi connectivity index (χ2n) is 4.83. The number of carbonyl (C=O) groups excluding carboxylic acids is 1. The lowest BCUT2D eigenvalue weighted by Gasteiger charge is -2.04. The number of ether oxygens (including phenoxy) is 1. The van der Waals surface area contributed by atoms with E-state index in [1.165, 1.54) is 28.6 Å². The van der Waals surface area contributed by atoms with Crippen LogP contribution >= 0.6 is 23.1 Å². The number of carbonyl (C=O) groups is 1. The van der Waals surface area contributed by atoms with Gasteiger partial charge in [-0.15, -0.1) is 11.3 Å². The monoisotopic (exact) mass is 323 g/mol. The highest BCUT2D eigenvalue weighted by Crippen LogP contribution is 2.39. The number of thioether (sulfide) groups is 1. The fourth-order valence-electron chi connectivity index (χ4n) is 2.53. The Morgan fingerprint density at radius 3 is 3.10 bits per heavy atom. The molecule has 1 aliphatic rings. The van der Waals surface area contributed by atoms with Crippen LogP contribution in [-0.4, -0.2) is 28.3 Å². The molecule has 0 spiro atoms. The maximum atomic E-state index is 11.3. The molecule has 0 saturated heterocycles. The van der Waals surface area contributed by atoms with Crippen molar-refractivity contribution < 1.29 is 9.53 Å². The molecule has 1 aliphatic carbocycles. The lowest BCUT2D eigenvalue weighted by atomic mass is 10.2. The highest BCUT2D eigenvalue weighted by atomic mass is 32.2. The van der Waals surface area contributed by atoms with E-state index in [0.29, 0.717) is 29.8 Å². The SMILES string of the molecule is CCOC(=O)CCSc1nc(N)c2c3c(sc2n1)CCC3. The number of rotatable bonds is 5. The summed E-state index contributed by atoms with van der Waals surface area (Å²) in [6.07, 6.45) is 3.77. The molecule has 2 N–H and O–H groups in total. The smallest absolute Gasteiger partial charge is 0.306 e. The molecular formula is C14H17N3O2S2. The van der Waals surface area contributed by atoms with Gasteiger partial charge in [0.15, 0.2) is 5.16 Å². The lowest BCUT2D eigenvalue weighted by molar-refractivity contribution is -0.142. The predicted octanol–water partition coefficient (Wildman–Crippen LogP) is 2.81. The number of nitrogen functional groups attached to an aromatic ring is 1. The highest BCUT2D eigenvalue weighted by Gasteiger charge is 2.21. The molecule has 0 unspecified atom stereocenters. The van der Waals surface area contributed by atoms with E-state index in [9.17, 15) is 4.79 Å². The second-order valence-corrected chi connectivity index (χ2v) is 6.98. The number of aromatic nitrogens is 2. The minimum atomic E-state index is -0.186. The number of fused-ring (bicyclic) bond motifs is 3. The Labute approximate surface area is 131 Å². The molecule has 0 radical (unpaired) electrons. The third-order valence-corrected chi connectivity index (χ3v) is 5.45. The van der Waals surface area contributed by atoms with Gasteiger partial charge in [0, 0.05) is 10.6 Å². The Morgan fingerprint density at radius 2 is 2.29 bits per heavy atom. The fraction of sp³-hybridized carbons (Fsp3) is 0.500. The van der Waals surface area contributed by atoms with Gasteiger partial charge in [0.25, 0.3) is 0 Å². The van der Waals surface area contributed by atoms with Gasteiger partial charge in [-0.05, 0) is 31.7 Å². The molecule has 0 aliphatic heterocycles. The van der Waals surface area contributed by atoms with Crippen LogP contribution in [-0.2, 0) is 22.4 Å². The molecule has 2 heterocycles. The Hall–Kier alpha value is -1.34. The zero-order valence-electron chi connectivity index (χ0n) is 11.8. The van der Waals surface area contributed by atoms with Gasteiger partial charge >= 0.3 is 5.97 Å². The van der Waals surface area contributed by atoms with Crippen molar-refractivity contribution in [2.45, 2.75) is 37.8 Å². The zero-order valence-corrected chi connectivity index (χ0v) is 13.5. The van der Waals surface area contributed by atoms with E-state index in [1.807, 2.05) is 0 Å². The van der Waals surface area contributed by atoms with Crippen LogP contribution in [0.2, 0.25) is 0 Å². The second kappa shape index (κ2) is 6.19. The molecule has 21 heavy (non-hydrogen) atoms. The molecule has 7 heteroatoms. The first-order valence-corrected chi connectivity index (χ1v) is 8.85. The lowest BCUT2D eigenvalue weighted by Crippen LogP contribution is -2.05. The van der Waals surface area contributed by atoms with Gasteiger partial charge < -0.3 is 10.5 Å². The molecule has 5 nitrogen and oxygen atoms in total. The predicted molar refractivity (Wildman–Crippen MR) is 85.8 cm³/mol. The van der Waals surface area contributed by atoms with Crippen molar-refractivity contribution in [2.75, 3.05) is 18.1 Å². The van der Waals surface area contributed by atoms with Gasteiger partial charge in [0.1, 0.15) is 10.6 Å². The first-order valence-electron chi connectivity index (χ1n) is 7.05. The number of esters is 1. The van der Waals surface area contributed by atoms with E-state index in [1.54, 1.807) is 18.3 Å². The standard InChI is InChI=1S/C14H17N3O2S2/c1-2-19-10(18)6-7-20-14-16-12(15)11-8-4-3-5-9(8)21-13(11)17-14/h2-7H2,1H3,(H2,15,16,17). The van der Waals surface area contributed by atoms with Crippen molar-refractivity contribution in [3.05, 3.63) is 10.4 Å². The molecule has 0 amide bonds. The fourth-order valence-corrected chi connectivity index (χ4v) is 4.62. The average molecular weight is 323 g/mol. The van der Waals surface area contributed by atoms with Crippen LogP contribution in [0.15, 0.2) is 5.16 Å².